The second kappa shape index (κ2) is 8.71. The van der Waals surface area contributed by atoms with Gasteiger partial charge in [0, 0.05) is 10.4 Å². The Morgan fingerprint density at radius 1 is 0.967 bits per heavy atom. The maximum absolute atomic E-state index is 12.4. The number of hydrogen-bond donors (Lipinski definition) is 1. The normalized spacial score (nSPS) is 13.2. The predicted molar refractivity (Wildman–Crippen MR) is 115 cm³/mol. The first kappa shape index (κ1) is 20.2. The molecule has 0 saturated carbocycles. The first-order valence-corrected chi connectivity index (χ1v) is 10.4. The molecule has 0 spiro atoms. The smallest absolute Gasteiger partial charge is 0.407 e. The molecule has 0 aliphatic heterocycles. The van der Waals surface area contributed by atoms with Crippen LogP contribution in [-0.4, -0.2) is 24.7 Å². The van der Waals surface area contributed by atoms with Gasteiger partial charge in [0.2, 0.25) is 0 Å². The fraction of sp³-hybridized carbons (Fsp3) is 0.167. The van der Waals surface area contributed by atoms with E-state index < -0.39 is 18.1 Å². The van der Waals surface area contributed by atoms with Crippen molar-refractivity contribution in [1.82, 2.24) is 5.32 Å². The highest BCUT2D eigenvalue weighted by atomic mass is 79.9. The van der Waals surface area contributed by atoms with Crippen molar-refractivity contribution in [2.75, 3.05) is 6.61 Å². The number of nitrogens with one attached hydrogen (secondary N) is 1. The third kappa shape index (κ3) is 4.24. The lowest BCUT2D eigenvalue weighted by Crippen LogP contribution is -2.49. The maximum Gasteiger partial charge on any atom is 0.407 e. The molecule has 0 heterocycles. The minimum absolute atomic E-state index is 0.0883. The molecule has 0 unspecified atom stereocenters. The van der Waals surface area contributed by atoms with Crippen molar-refractivity contribution >= 4 is 28.0 Å². The molecule has 3 aromatic carbocycles. The van der Waals surface area contributed by atoms with Crippen LogP contribution in [0.3, 0.4) is 0 Å². The van der Waals surface area contributed by atoms with Crippen LogP contribution in [0.2, 0.25) is 0 Å². The van der Waals surface area contributed by atoms with E-state index in [4.69, 9.17) is 4.74 Å². The molecular formula is C24H19BrNO4-. The number of carboxylic acids is 1. The van der Waals surface area contributed by atoms with Crippen LogP contribution in [0.25, 0.3) is 11.1 Å². The molecule has 1 aliphatic carbocycles. The highest BCUT2D eigenvalue weighted by molar-refractivity contribution is 9.10. The van der Waals surface area contributed by atoms with Crippen LogP contribution < -0.4 is 10.4 Å². The van der Waals surface area contributed by atoms with E-state index in [1.165, 1.54) is 0 Å². The first-order valence-electron chi connectivity index (χ1n) is 9.59. The average Bonchev–Trinajstić information content (AvgIpc) is 3.06. The van der Waals surface area contributed by atoms with Gasteiger partial charge in [0.15, 0.2) is 0 Å². The van der Waals surface area contributed by atoms with Crippen molar-refractivity contribution < 1.29 is 19.4 Å². The monoisotopic (exact) mass is 464 g/mol. The number of amides is 1. The van der Waals surface area contributed by atoms with E-state index in [-0.39, 0.29) is 18.9 Å². The summed E-state index contributed by atoms with van der Waals surface area (Å²) in [6.45, 7) is 0.122. The van der Waals surface area contributed by atoms with E-state index in [9.17, 15) is 14.7 Å². The molecule has 6 heteroatoms. The number of halogens is 1. The van der Waals surface area contributed by atoms with Crippen molar-refractivity contribution in [2.45, 2.75) is 18.4 Å². The molecule has 0 bridgehead atoms. The molecule has 0 aromatic heterocycles. The number of fused-ring (bicyclic) bond motifs is 3. The van der Waals surface area contributed by atoms with E-state index >= 15 is 0 Å². The fourth-order valence-corrected chi connectivity index (χ4v) is 4.32. The van der Waals surface area contributed by atoms with Crippen LogP contribution in [0.1, 0.15) is 22.6 Å². The number of ether oxygens (including phenoxy) is 1. The van der Waals surface area contributed by atoms with Gasteiger partial charge in [-0.3, -0.25) is 0 Å². The number of carbonyl (C=O) groups is 2. The summed E-state index contributed by atoms with van der Waals surface area (Å²) in [7, 11) is 0. The Bertz CT molecular complexity index is 1050. The van der Waals surface area contributed by atoms with E-state index in [1.807, 2.05) is 42.5 Å². The van der Waals surface area contributed by atoms with Crippen molar-refractivity contribution in [3.8, 4) is 11.1 Å². The number of carboxylic acid groups (broad SMARTS) is 1. The zero-order valence-corrected chi connectivity index (χ0v) is 17.6. The van der Waals surface area contributed by atoms with Crippen molar-refractivity contribution in [3.63, 3.8) is 0 Å². The molecule has 0 fully saturated rings. The molecule has 1 N–H and O–H groups in total. The molecule has 152 valence electrons. The molecule has 3 aromatic rings. The Morgan fingerprint density at radius 2 is 1.60 bits per heavy atom. The second-order valence-electron chi connectivity index (χ2n) is 7.18. The summed E-state index contributed by atoms with van der Waals surface area (Å²) in [5.74, 6) is -1.45. The third-order valence-corrected chi connectivity index (χ3v) is 5.74. The second-order valence-corrected chi connectivity index (χ2v) is 8.09. The van der Waals surface area contributed by atoms with Crippen molar-refractivity contribution in [1.29, 1.82) is 0 Å². The summed E-state index contributed by atoms with van der Waals surface area (Å²) in [6.07, 6.45) is -0.674. The number of aliphatic carboxylic acids is 1. The maximum atomic E-state index is 12.4. The van der Waals surface area contributed by atoms with Gasteiger partial charge in [0.1, 0.15) is 6.61 Å². The molecule has 0 saturated heterocycles. The molecular weight excluding hydrogens is 446 g/mol. The summed E-state index contributed by atoms with van der Waals surface area (Å²) in [4.78, 5) is 23.9. The predicted octanol–water partition coefficient (Wildman–Crippen LogP) is 3.65. The lowest BCUT2D eigenvalue weighted by atomic mass is 9.98. The number of hydrogen-bond acceptors (Lipinski definition) is 4. The molecule has 0 radical (unpaired) electrons. The van der Waals surface area contributed by atoms with Crippen LogP contribution in [-0.2, 0) is 16.0 Å². The Morgan fingerprint density at radius 3 is 2.20 bits per heavy atom. The number of benzene rings is 3. The van der Waals surface area contributed by atoms with Gasteiger partial charge in [-0.1, -0.05) is 76.6 Å². The standard InChI is InChI=1S/C24H20BrNO4/c25-16-7-5-6-15(12-16)13-22(23(27)28)26-24(29)30-14-21-19-10-3-1-8-17(19)18-9-2-4-11-20(18)21/h1-12,21-22H,13-14H2,(H,26,29)(H,27,28)/p-1/t22-/m0/s1. The molecule has 1 amide bonds. The topological polar surface area (TPSA) is 78.5 Å². The Hall–Kier alpha value is -3.12. The van der Waals surface area contributed by atoms with E-state index in [2.05, 4.69) is 33.4 Å². The van der Waals surface area contributed by atoms with Crippen LogP contribution in [0.4, 0.5) is 4.79 Å². The summed E-state index contributed by atoms with van der Waals surface area (Å²) in [6, 6.07) is 22.1. The third-order valence-electron chi connectivity index (χ3n) is 5.25. The minimum Gasteiger partial charge on any atom is -0.548 e. The van der Waals surface area contributed by atoms with Gasteiger partial charge >= 0.3 is 6.09 Å². The van der Waals surface area contributed by atoms with Crippen LogP contribution in [0, 0.1) is 0 Å². The van der Waals surface area contributed by atoms with Gasteiger partial charge in [0.25, 0.3) is 0 Å². The molecule has 30 heavy (non-hydrogen) atoms. The van der Waals surface area contributed by atoms with E-state index in [0.717, 1.165) is 32.3 Å². The first-order chi connectivity index (χ1) is 14.5. The van der Waals surface area contributed by atoms with Gasteiger partial charge in [-0.15, -0.1) is 0 Å². The highest BCUT2D eigenvalue weighted by Gasteiger charge is 2.29. The highest BCUT2D eigenvalue weighted by Crippen LogP contribution is 2.44. The van der Waals surface area contributed by atoms with Crippen LogP contribution >= 0.6 is 15.9 Å². The number of carbonyl (C=O) groups excluding carboxylic acids is 2. The van der Waals surface area contributed by atoms with Crippen molar-refractivity contribution in [2.24, 2.45) is 0 Å². The molecule has 1 aliphatic rings. The van der Waals surface area contributed by atoms with E-state index in [1.54, 1.807) is 18.2 Å². The van der Waals surface area contributed by atoms with Crippen LogP contribution in [0.5, 0.6) is 0 Å². The summed E-state index contributed by atoms with van der Waals surface area (Å²) in [5.41, 5.74) is 5.21. The Kier molecular flexibility index (Phi) is 5.86. The summed E-state index contributed by atoms with van der Waals surface area (Å²) < 4.78 is 6.26. The lowest BCUT2D eigenvalue weighted by molar-refractivity contribution is -0.308. The Balaban J connectivity index is 1.43. The zero-order chi connectivity index (χ0) is 21.1. The van der Waals surface area contributed by atoms with Crippen LogP contribution in [0.15, 0.2) is 77.3 Å². The van der Waals surface area contributed by atoms with E-state index in [0.29, 0.717) is 0 Å². The quantitative estimate of drug-likeness (QED) is 0.603. The zero-order valence-electron chi connectivity index (χ0n) is 16.0. The Labute approximate surface area is 182 Å². The summed E-state index contributed by atoms with van der Waals surface area (Å²) >= 11 is 3.35. The van der Waals surface area contributed by atoms with Gasteiger partial charge in [-0.25, -0.2) is 4.79 Å². The molecule has 5 nitrogen and oxygen atoms in total. The fourth-order valence-electron chi connectivity index (χ4n) is 3.88. The van der Waals surface area contributed by atoms with Gasteiger partial charge in [-0.2, -0.15) is 0 Å². The molecule has 1 atom stereocenters. The minimum atomic E-state index is -1.36. The van der Waals surface area contributed by atoms with Gasteiger partial charge < -0.3 is 20.0 Å². The average molecular weight is 465 g/mol. The molecule has 4 rings (SSSR count). The SMILES string of the molecule is O=C(N[C@@H](Cc1cccc(Br)c1)C(=O)[O-])OCC1c2ccccc2-c2ccccc21. The van der Waals surface area contributed by atoms with Crippen molar-refractivity contribution in [3.05, 3.63) is 94.0 Å². The lowest BCUT2D eigenvalue weighted by Gasteiger charge is -2.21. The number of alkyl carbamates (subject to hydrolysis) is 1. The van der Waals surface area contributed by atoms with Gasteiger partial charge in [0.05, 0.1) is 12.0 Å². The largest absolute Gasteiger partial charge is 0.548 e. The summed E-state index contributed by atoms with van der Waals surface area (Å²) in [5, 5.41) is 13.9. The van der Waals surface area contributed by atoms with Gasteiger partial charge in [-0.05, 0) is 46.4 Å². The number of rotatable bonds is 6.